The van der Waals surface area contributed by atoms with Crippen molar-refractivity contribution in [2.75, 3.05) is 6.54 Å². The van der Waals surface area contributed by atoms with Gasteiger partial charge >= 0.3 is 0 Å². The fourth-order valence-corrected chi connectivity index (χ4v) is 2.05. The number of nitrogens with one attached hydrogen (secondary N) is 2. The minimum absolute atomic E-state index is 0.0455. The van der Waals surface area contributed by atoms with Gasteiger partial charge in [0.05, 0.1) is 0 Å². The van der Waals surface area contributed by atoms with Gasteiger partial charge in [-0.05, 0) is 32.8 Å². The van der Waals surface area contributed by atoms with Crippen molar-refractivity contribution in [3.05, 3.63) is 35.4 Å². The molecule has 20 heavy (non-hydrogen) atoms. The van der Waals surface area contributed by atoms with E-state index in [9.17, 15) is 9.59 Å². The highest BCUT2D eigenvalue weighted by molar-refractivity contribution is 5.78. The van der Waals surface area contributed by atoms with E-state index in [1.54, 1.807) is 0 Å². The van der Waals surface area contributed by atoms with Crippen LogP contribution in [-0.2, 0) is 16.0 Å². The van der Waals surface area contributed by atoms with Crippen LogP contribution in [0.5, 0.6) is 0 Å². The van der Waals surface area contributed by atoms with Gasteiger partial charge in [0.1, 0.15) is 0 Å². The van der Waals surface area contributed by atoms with Crippen LogP contribution in [0, 0.1) is 6.92 Å². The molecule has 2 N–H and O–H groups in total. The lowest BCUT2D eigenvalue weighted by Crippen LogP contribution is -2.45. The number of carbonyl (C=O) groups is 2. The van der Waals surface area contributed by atoms with E-state index >= 15 is 0 Å². The van der Waals surface area contributed by atoms with Crippen LogP contribution in [0.15, 0.2) is 24.3 Å². The van der Waals surface area contributed by atoms with Crippen LogP contribution in [0.25, 0.3) is 0 Å². The van der Waals surface area contributed by atoms with Crippen molar-refractivity contribution in [2.45, 2.75) is 46.1 Å². The number of hydrogen-bond acceptors (Lipinski definition) is 2. The maximum absolute atomic E-state index is 11.8. The number of carbonyl (C=O) groups excluding carboxylic acids is 2. The molecule has 0 aromatic heterocycles. The lowest BCUT2D eigenvalue weighted by molar-refractivity contribution is -0.122. The number of benzene rings is 1. The van der Waals surface area contributed by atoms with Crippen LogP contribution in [0.4, 0.5) is 0 Å². The first-order valence-corrected chi connectivity index (χ1v) is 6.89. The van der Waals surface area contributed by atoms with E-state index in [1.807, 2.05) is 13.8 Å². The molecule has 0 saturated carbocycles. The molecule has 0 saturated heterocycles. The summed E-state index contributed by atoms with van der Waals surface area (Å²) in [7, 11) is 0. The number of aryl methyl sites for hydroxylation is 1. The molecule has 0 heterocycles. The van der Waals surface area contributed by atoms with Gasteiger partial charge < -0.3 is 10.6 Å². The van der Waals surface area contributed by atoms with E-state index in [-0.39, 0.29) is 17.4 Å². The van der Waals surface area contributed by atoms with Gasteiger partial charge in [-0.2, -0.15) is 0 Å². The molecular formula is C16H24N2O2. The number of amides is 2. The summed E-state index contributed by atoms with van der Waals surface area (Å²) in [5.74, 6) is -0.160. The van der Waals surface area contributed by atoms with E-state index in [1.165, 1.54) is 18.1 Å². The quantitative estimate of drug-likeness (QED) is 0.834. The first-order valence-electron chi connectivity index (χ1n) is 6.89. The average Bonchev–Trinajstić information content (AvgIpc) is 2.30. The van der Waals surface area contributed by atoms with E-state index in [4.69, 9.17) is 0 Å². The molecule has 0 radical (unpaired) electrons. The van der Waals surface area contributed by atoms with Gasteiger partial charge in [0.25, 0.3) is 0 Å². The largest absolute Gasteiger partial charge is 0.356 e. The van der Waals surface area contributed by atoms with Crippen molar-refractivity contribution in [1.82, 2.24) is 10.6 Å². The Morgan fingerprint density at radius 3 is 2.30 bits per heavy atom. The fraction of sp³-hybridized carbons (Fsp3) is 0.500. The smallest absolute Gasteiger partial charge is 0.222 e. The van der Waals surface area contributed by atoms with E-state index in [2.05, 4.69) is 41.8 Å². The number of rotatable bonds is 6. The van der Waals surface area contributed by atoms with Crippen LogP contribution in [0.1, 0.15) is 38.3 Å². The van der Waals surface area contributed by atoms with Gasteiger partial charge in [-0.25, -0.2) is 0 Å². The Bertz CT molecular complexity index is 464. The molecule has 0 aliphatic heterocycles. The molecule has 0 atom stereocenters. The van der Waals surface area contributed by atoms with Crippen LogP contribution in [-0.4, -0.2) is 23.9 Å². The Kier molecular flexibility index (Phi) is 5.74. The molecule has 0 aliphatic rings. The summed E-state index contributed by atoms with van der Waals surface area (Å²) in [5, 5.41) is 5.62. The molecule has 0 unspecified atom stereocenters. The highest BCUT2D eigenvalue weighted by Gasteiger charge is 2.20. The molecule has 0 aliphatic carbocycles. The second-order valence-electron chi connectivity index (χ2n) is 5.83. The monoisotopic (exact) mass is 276 g/mol. The maximum atomic E-state index is 11.8. The van der Waals surface area contributed by atoms with Gasteiger partial charge in [0, 0.05) is 25.4 Å². The van der Waals surface area contributed by atoms with E-state index in [0.29, 0.717) is 13.0 Å². The fourth-order valence-electron chi connectivity index (χ4n) is 2.05. The summed E-state index contributed by atoms with van der Waals surface area (Å²) in [6.45, 7) is 7.88. The van der Waals surface area contributed by atoms with Gasteiger partial charge in [0.2, 0.25) is 11.8 Å². The lowest BCUT2D eigenvalue weighted by Gasteiger charge is -2.26. The van der Waals surface area contributed by atoms with Crippen LogP contribution >= 0.6 is 0 Å². The molecular weight excluding hydrogens is 252 g/mol. The van der Waals surface area contributed by atoms with Gasteiger partial charge in [-0.1, -0.05) is 29.8 Å². The van der Waals surface area contributed by atoms with Gasteiger partial charge in [-0.3, -0.25) is 9.59 Å². The van der Waals surface area contributed by atoms with Crippen molar-refractivity contribution in [3.63, 3.8) is 0 Å². The second-order valence-corrected chi connectivity index (χ2v) is 5.83. The summed E-state index contributed by atoms with van der Waals surface area (Å²) in [6.07, 6.45) is 1.08. The normalized spacial score (nSPS) is 11.0. The van der Waals surface area contributed by atoms with Crippen molar-refractivity contribution < 1.29 is 9.59 Å². The number of hydrogen-bond donors (Lipinski definition) is 2. The van der Waals surface area contributed by atoms with Crippen molar-refractivity contribution >= 4 is 11.8 Å². The molecule has 2 amide bonds. The Balaban J connectivity index is 2.45. The van der Waals surface area contributed by atoms with Gasteiger partial charge in [-0.15, -0.1) is 0 Å². The van der Waals surface area contributed by atoms with E-state index in [0.717, 1.165) is 6.42 Å². The Morgan fingerprint density at radius 1 is 1.15 bits per heavy atom. The summed E-state index contributed by atoms with van der Waals surface area (Å²) in [5.41, 5.74) is 2.12. The Hall–Kier alpha value is -1.84. The second kappa shape index (κ2) is 7.08. The zero-order chi connectivity index (χ0) is 15.2. The maximum Gasteiger partial charge on any atom is 0.222 e. The third-order valence-corrected chi connectivity index (χ3v) is 2.97. The van der Waals surface area contributed by atoms with Crippen LogP contribution in [0.2, 0.25) is 0 Å². The predicted octanol–water partition coefficient (Wildman–Crippen LogP) is 1.96. The third-order valence-electron chi connectivity index (χ3n) is 2.97. The molecule has 1 rings (SSSR count). The SMILES string of the molecule is CC(=O)NCCC(=O)NC(C)(C)Cc1ccc(C)cc1. The Morgan fingerprint density at radius 2 is 1.75 bits per heavy atom. The van der Waals surface area contributed by atoms with Crippen molar-refractivity contribution in [2.24, 2.45) is 0 Å². The van der Waals surface area contributed by atoms with Gasteiger partial charge in [0.15, 0.2) is 0 Å². The molecule has 1 aromatic rings. The van der Waals surface area contributed by atoms with Crippen LogP contribution in [0.3, 0.4) is 0 Å². The molecule has 0 fully saturated rings. The minimum Gasteiger partial charge on any atom is -0.356 e. The molecule has 4 nitrogen and oxygen atoms in total. The minimum atomic E-state index is -0.303. The van der Waals surface area contributed by atoms with E-state index < -0.39 is 0 Å². The highest BCUT2D eigenvalue weighted by atomic mass is 16.2. The Labute approximate surface area is 121 Å². The predicted molar refractivity (Wildman–Crippen MR) is 80.4 cm³/mol. The van der Waals surface area contributed by atoms with Crippen LogP contribution < -0.4 is 10.6 Å². The summed E-state index contributed by atoms with van der Waals surface area (Å²) in [6, 6.07) is 8.31. The first-order chi connectivity index (χ1) is 9.28. The molecule has 0 bridgehead atoms. The zero-order valence-corrected chi connectivity index (χ0v) is 12.7. The van der Waals surface area contributed by atoms with Crippen molar-refractivity contribution in [3.8, 4) is 0 Å². The van der Waals surface area contributed by atoms with Crippen molar-refractivity contribution in [1.29, 1.82) is 0 Å². The average molecular weight is 276 g/mol. The molecule has 110 valence electrons. The molecule has 0 spiro atoms. The standard InChI is InChI=1S/C16H24N2O2/c1-12-5-7-14(8-6-12)11-16(3,4)18-15(20)9-10-17-13(2)19/h5-8H,9-11H2,1-4H3,(H,17,19)(H,18,20). The highest BCUT2D eigenvalue weighted by Crippen LogP contribution is 2.13. The summed E-state index contributed by atoms with van der Waals surface area (Å²) in [4.78, 5) is 22.6. The first kappa shape index (κ1) is 16.2. The topological polar surface area (TPSA) is 58.2 Å². The zero-order valence-electron chi connectivity index (χ0n) is 12.7. The lowest BCUT2D eigenvalue weighted by atomic mass is 9.94. The molecule has 4 heteroatoms. The third kappa shape index (κ3) is 6.36. The molecule has 1 aromatic carbocycles. The summed E-state index contributed by atoms with van der Waals surface area (Å²) < 4.78 is 0. The summed E-state index contributed by atoms with van der Waals surface area (Å²) >= 11 is 0.